The van der Waals surface area contributed by atoms with Gasteiger partial charge in [0.15, 0.2) is 0 Å². The first-order valence-corrected chi connectivity index (χ1v) is 12.2. The van der Waals surface area contributed by atoms with Crippen LogP contribution < -0.4 is 28.4 Å². The van der Waals surface area contributed by atoms with Crippen molar-refractivity contribution in [2.24, 2.45) is 0 Å². The second-order valence-electron chi connectivity index (χ2n) is 9.16. The Morgan fingerprint density at radius 3 is 1.38 bits per heavy atom. The third-order valence-corrected chi connectivity index (χ3v) is 6.92. The van der Waals surface area contributed by atoms with Crippen LogP contribution in [0.5, 0.6) is 34.5 Å². The second kappa shape index (κ2) is 13.9. The van der Waals surface area contributed by atoms with Crippen LogP contribution >= 0.6 is 0 Å². The van der Waals surface area contributed by atoms with Gasteiger partial charge < -0.3 is 59.1 Å². The topological polar surface area (TPSA) is 177 Å². The van der Waals surface area contributed by atoms with Crippen LogP contribution in [0.25, 0.3) is 0 Å². The zero-order valence-electron chi connectivity index (χ0n) is 23.6. The first-order chi connectivity index (χ1) is 18.9. The number of ether oxygens (including phenoxy) is 6. The predicted octanol–water partition coefficient (Wildman–Crippen LogP) is 0.247. The number of hydrogen-bond donors (Lipinski definition) is 6. The molecule has 6 N–H and O–H groups in total. The van der Waals surface area contributed by atoms with Crippen LogP contribution in [-0.4, -0.2) is 109 Å². The zero-order chi connectivity index (χ0) is 30.3. The predicted molar refractivity (Wildman–Crippen MR) is 145 cm³/mol. The third kappa shape index (κ3) is 6.54. The molecule has 0 spiro atoms. The molecule has 0 fully saturated rings. The summed E-state index contributed by atoms with van der Waals surface area (Å²) in [6.45, 7) is 2.68. The van der Waals surface area contributed by atoms with E-state index in [1.54, 1.807) is 0 Å². The maximum Gasteiger partial charge on any atom is 0.129 e. The summed E-state index contributed by atoms with van der Waals surface area (Å²) in [5.74, 6) is 1.56. The molecule has 0 aliphatic carbocycles. The van der Waals surface area contributed by atoms with Gasteiger partial charge in [0.2, 0.25) is 0 Å². The van der Waals surface area contributed by atoms with Crippen LogP contribution in [0.15, 0.2) is 36.9 Å². The smallest absolute Gasteiger partial charge is 0.129 e. The molecule has 224 valence electrons. The van der Waals surface area contributed by atoms with Crippen LogP contribution in [0.3, 0.4) is 0 Å². The lowest BCUT2D eigenvalue weighted by Crippen LogP contribution is -2.66. The lowest BCUT2D eigenvalue weighted by Gasteiger charge is -2.45. The lowest BCUT2D eigenvalue weighted by molar-refractivity contribution is -0.218. The van der Waals surface area contributed by atoms with Crippen molar-refractivity contribution in [1.29, 1.82) is 0 Å². The highest BCUT2D eigenvalue weighted by Gasteiger charge is 2.54. The molecule has 0 bridgehead atoms. The molecule has 0 aliphatic rings. The molecular formula is C28H40O12. The summed E-state index contributed by atoms with van der Waals surface area (Å²) in [4.78, 5) is 0. The van der Waals surface area contributed by atoms with Gasteiger partial charge in [-0.1, -0.05) is 6.08 Å². The monoisotopic (exact) mass is 568 g/mol. The number of rotatable bonds is 16. The normalized spacial score (nSPS) is 16.5. The van der Waals surface area contributed by atoms with Gasteiger partial charge in [0, 0.05) is 48.2 Å². The fourth-order valence-electron chi connectivity index (χ4n) is 4.58. The Morgan fingerprint density at radius 2 is 1.07 bits per heavy atom. The Bertz CT molecular complexity index is 1090. The molecule has 12 heteroatoms. The molecule has 0 aliphatic heterocycles. The summed E-state index contributed by atoms with van der Waals surface area (Å²) in [6, 6.07) is 6.06. The molecule has 0 saturated carbocycles. The third-order valence-electron chi connectivity index (χ3n) is 6.92. The highest BCUT2D eigenvalue weighted by atomic mass is 16.5. The maximum atomic E-state index is 11.9. The molecular weight excluding hydrogens is 528 g/mol. The van der Waals surface area contributed by atoms with Crippen molar-refractivity contribution in [1.82, 2.24) is 0 Å². The molecule has 0 aromatic heterocycles. The molecule has 0 radical (unpaired) electrons. The van der Waals surface area contributed by atoms with E-state index in [0.717, 1.165) is 6.08 Å². The SMILES string of the molecule is C=CC(O)(Cc1c(OC)cc(OC)cc1OC)[C@@H](O)[C@@](O)(Cc1c(OC)cc(OC)cc1OC)[C@H](O)[C@@H](O)CO. The van der Waals surface area contributed by atoms with E-state index >= 15 is 0 Å². The molecule has 40 heavy (non-hydrogen) atoms. The number of benzene rings is 2. The highest BCUT2D eigenvalue weighted by molar-refractivity contribution is 5.53. The first-order valence-electron chi connectivity index (χ1n) is 12.2. The van der Waals surface area contributed by atoms with E-state index in [1.165, 1.54) is 66.9 Å². The van der Waals surface area contributed by atoms with E-state index in [-0.39, 0.29) is 34.1 Å². The Balaban J connectivity index is 2.73. The standard InChI is InChI=1S/C28H40O12/c1-8-27(33,13-18-21(37-4)9-16(35-2)10-22(18)38-5)26(32)28(34,25(31)20(30)15-29)14-19-23(39-6)11-17(36-3)12-24(19)40-7/h8-12,20,25-26,29-34H,1,13-15H2,2-7H3/t20-,25+,26+,27?,28+/m0/s1. The van der Waals surface area contributed by atoms with Crippen molar-refractivity contribution in [3.8, 4) is 34.5 Å². The summed E-state index contributed by atoms with van der Waals surface area (Å²) in [5.41, 5.74) is -4.62. The van der Waals surface area contributed by atoms with Crippen molar-refractivity contribution in [3.63, 3.8) is 0 Å². The lowest BCUT2D eigenvalue weighted by atomic mass is 9.72. The number of aliphatic hydroxyl groups is 6. The van der Waals surface area contributed by atoms with Gasteiger partial charge in [-0.25, -0.2) is 0 Å². The number of hydrogen-bond acceptors (Lipinski definition) is 12. The van der Waals surface area contributed by atoms with Gasteiger partial charge in [-0.2, -0.15) is 0 Å². The maximum absolute atomic E-state index is 11.9. The molecule has 2 aromatic rings. The summed E-state index contributed by atoms with van der Waals surface area (Å²) < 4.78 is 32.3. The Labute approximate surface area is 233 Å². The molecule has 1 unspecified atom stereocenters. The second-order valence-corrected chi connectivity index (χ2v) is 9.16. The summed E-state index contributed by atoms with van der Waals surface area (Å²) in [7, 11) is 8.37. The average Bonchev–Trinajstić information content (AvgIpc) is 2.99. The minimum atomic E-state index is -2.72. The number of methoxy groups -OCH3 is 6. The van der Waals surface area contributed by atoms with Crippen LogP contribution in [-0.2, 0) is 12.8 Å². The van der Waals surface area contributed by atoms with E-state index in [2.05, 4.69) is 6.58 Å². The Kier molecular flexibility index (Phi) is 11.4. The van der Waals surface area contributed by atoms with Gasteiger partial charge in [-0.05, 0) is 0 Å². The summed E-state index contributed by atoms with van der Waals surface area (Å²) >= 11 is 0. The molecule has 5 atom stereocenters. The summed E-state index contributed by atoms with van der Waals surface area (Å²) in [5, 5.41) is 66.3. The van der Waals surface area contributed by atoms with Crippen LogP contribution in [0.4, 0.5) is 0 Å². The van der Waals surface area contributed by atoms with E-state index in [9.17, 15) is 30.6 Å². The van der Waals surface area contributed by atoms with E-state index in [4.69, 9.17) is 28.4 Å². The molecule has 0 amide bonds. The van der Waals surface area contributed by atoms with Gasteiger partial charge in [-0.3, -0.25) is 0 Å². The molecule has 0 saturated heterocycles. The van der Waals surface area contributed by atoms with Gasteiger partial charge in [0.05, 0.1) is 49.3 Å². The van der Waals surface area contributed by atoms with Crippen molar-refractivity contribution in [2.75, 3.05) is 49.3 Å². The molecule has 2 aromatic carbocycles. The van der Waals surface area contributed by atoms with Crippen LogP contribution in [0.1, 0.15) is 11.1 Å². The number of aliphatic hydroxyl groups excluding tert-OH is 4. The highest BCUT2D eigenvalue weighted by Crippen LogP contribution is 2.43. The van der Waals surface area contributed by atoms with Gasteiger partial charge >= 0.3 is 0 Å². The van der Waals surface area contributed by atoms with Gasteiger partial charge in [-0.15, -0.1) is 6.58 Å². The largest absolute Gasteiger partial charge is 0.496 e. The first kappa shape index (κ1) is 32.9. The van der Waals surface area contributed by atoms with Gasteiger partial charge in [0.25, 0.3) is 0 Å². The van der Waals surface area contributed by atoms with Crippen molar-refractivity contribution >= 4 is 0 Å². The van der Waals surface area contributed by atoms with Crippen molar-refractivity contribution < 1.29 is 59.1 Å². The summed E-state index contributed by atoms with van der Waals surface area (Å²) in [6.07, 6.45) is -6.34. The van der Waals surface area contributed by atoms with Crippen LogP contribution in [0.2, 0.25) is 0 Å². The fraction of sp³-hybridized carbons (Fsp3) is 0.500. The van der Waals surface area contributed by atoms with E-state index < -0.39 is 49.0 Å². The van der Waals surface area contributed by atoms with Crippen molar-refractivity contribution in [3.05, 3.63) is 48.0 Å². The van der Waals surface area contributed by atoms with E-state index in [0.29, 0.717) is 11.5 Å². The van der Waals surface area contributed by atoms with Gasteiger partial charge in [0.1, 0.15) is 64.0 Å². The minimum absolute atomic E-state index is 0.160. The van der Waals surface area contributed by atoms with Crippen molar-refractivity contribution in [2.45, 2.75) is 42.4 Å². The molecule has 2 rings (SSSR count). The quantitative estimate of drug-likeness (QED) is 0.152. The molecule has 12 nitrogen and oxygen atoms in total. The molecule has 0 heterocycles. The fourth-order valence-corrected chi connectivity index (χ4v) is 4.58. The zero-order valence-corrected chi connectivity index (χ0v) is 23.6. The minimum Gasteiger partial charge on any atom is -0.496 e. The average molecular weight is 569 g/mol. The Hall–Kier alpha value is -3.26. The van der Waals surface area contributed by atoms with Crippen LogP contribution in [0, 0.1) is 0 Å². The Morgan fingerprint density at radius 1 is 0.700 bits per heavy atom. The van der Waals surface area contributed by atoms with E-state index in [1.807, 2.05) is 0 Å².